The van der Waals surface area contributed by atoms with Gasteiger partial charge < -0.3 is 10.2 Å². The lowest BCUT2D eigenvalue weighted by molar-refractivity contribution is 0.546. The summed E-state index contributed by atoms with van der Waals surface area (Å²) >= 11 is 0. The van der Waals surface area contributed by atoms with Gasteiger partial charge in [-0.05, 0) is 73.4 Å². The molecule has 0 radical (unpaired) electrons. The predicted molar refractivity (Wildman–Crippen MR) is 128 cm³/mol. The van der Waals surface area contributed by atoms with Gasteiger partial charge in [-0.15, -0.1) is 0 Å². The number of aromatic nitrogens is 3. The van der Waals surface area contributed by atoms with Crippen LogP contribution in [0.3, 0.4) is 0 Å². The monoisotopic (exact) mass is 449 g/mol. The number of nitriles is 1. The number of nitrogens with zero attached hydrogens (tertiary/aromatic N) is 4. The van der Waals surface area contributed by atoms with Gasteiger partial charge in [0.2, 0.25) is 0 Å². The largest absolute Gasteiger partial charge is 0.460 e. The van der Waals surface area contributed by atoms with E-state index in [1.165, 1.54) is 12.1 Å². The highest BCUT2D eigenvalue weighted by molar-refractivity contribution is 5.89. The topological polar surface area (TPSA) is 102 Å². The van der Waals surface area contributed by atoms with E-state index in [2.05, 4.69) is 15.0 Å². The smallest absolute Gasteiger partial charge is 0.183 e. The van der Waals surface area contributed by atoms with E-state index < -0.39 is 0 Å². The van der Waals surface area contributed by atoms with Gasteiger partial charge in [-0.25, -0.2) is 14.4 Å². The quantitative estimate of drug-likeness (QED) is 0.373. The number of pyridine rings is 1. The minimum absolute atomic E-state index is 0.0535. The molecule has 3 aromatic heterocycles. The van der Waals surface area contributed by atoms with E-state index in [0.717, 1.165) is 46.2 Å². The number of furan rings is 1. The average molecular weight is 449 g/mol. The van der Waals surface area contributed by atoms with Crippen LogP contribution < -0.4 is 5.73 Å². The summed E-state index contributed by atoms with van der Waals surface area (Å²) in [6.07, 6.45) is 3.31. The average Bonchev–Trinajstić information content (AvgIpc) is 3.29. The summed E-state index contributed by atoms with van der Waals surface area (Å²) < 4.78 is 19.0. The van der Waals surface area contributed by atoms with Gasteiger partial charge in [0, 0.05) is 17.1 Å². The highest BCUT2D eigenvalue weighted by Crippen LogP contribution is 2.33. The first-order chi connectivity index (χ1) is 16.5. The molecule has 0 aliphatic rings. The molecule has 2 N–H and O–H groups in total. The van der Waals surface area contributed by atoms with Gasteiger partial charge in [0.1, 0.15) is 29.0 Å². The molecule has 0 amide bonds. The molecule has 0 spiro atoms. The van der Waals surface area contributed by atoms with E-state index in [-0.39, 0.29) is 17.3 Å². The number of anilines is 1. The molecule has 166 valence electrons. The zero-order valence-electron chi connectivity index (χ0n) is 18.4. The summed E-state index contributed by atoms with van der Waals surface area (Å²) in [7, 11) is 0. The van der Waals surface area contributed by atoms with E-state index in [4.69, 9.17) is 10.2 Å². The Morgan fingerprint density at radius 1 is 0.971 bits per heavy atom. The third kappa shape index (κ3) is 4.09. The SMILES string of the molecule is Cc1ccc(-c2nc(N)c(C#N)nc2-c2ccc3nccc(CCc4ccc(F)cc4)c3c2)o1. The summed E-state index contributed by atoms with van der Waals surface area (Å²) in [6.45, 7) is 1.85. The lowest BCUT2D eigenvalue weighted by Gasteiger charge is -2.11. The Kier molecular flexibility index (Phi) is 5.48. The van der Waals surface area contributed by atoms with Crippen LogP contribution in [0.5, 0.6) is 0 Å². The van der Waals surface area contributed by atoms with Crippen LogP contribution in [0.4, 0.5) is 10.2 Å². The second-order valence-corrected chi connectivity index (χ2v) is 8.01. The molecule has 0 fully saturated rings. The summed E-state index contributed by atoms with van der Waals surface area (Å²) in [6, 6.07) is 20.0. The molecule has 6 nitrogen and oxygen atoms in total. The van der Waals surface area contributed by atoms with E-state index in [1.54, 1.807) is 18.3 Å². The van der Waals surface area contributed by atoms with Gasteiger partial charge in [-0.3, -0.25) is 4.98 Å². The predicted octanol–water partition coefficient (Wildman–Crippen LogP) is 5.64. The van der Waals surface area contributed by atoms with Gasteiger partial charge in [0.25, 0.3) is 0 Å². The van der Waals surface area contributed by atoms with Gasteiger partial charge >= 0.3 is 0 Å². The third-order valence-corrected chi connectivity index (χ3v) is 5.70. The van der Waals surface area contributed by atoms with Crippen molar-refractivity contribution in [3.05, 3.63) is 95.3 Å². The Bertz CT molecular complexity index is 1550. The first-order valence-electron chi connectivity index (χ1n) is 10.8. The fraction of sp³-hybridized carbons (Fsp3) is 0.111. The second-order valence-electron chi connectivity index (χ2n) is 8.01. The van der Waals surface area contributed by atoms with Crippen LogP contribution in [-0.2, 0) is 12.8 Å². The van der Waals surface area contributed by atoms with Crippen LogP contribution >= 0.6 is 0 Å². The van der Waals surface area contributed by atoms with E-state index >= 15 is 0 Å². The van der Waals surface area contributed by atoms with Crippen molar-refractivity contribution in [3.63, 3.8) is 0 Å². The van der Waals surface area contributed by atoms with E-state index in [0.29, 0.717) is 17.1 Å². The number of hydrogen-bond acceptors (Lipinski definition) is 6. The van der Waals surface area contributed by atoms with Gasteiger partial charge in [0.15, 0.2) is 17.3 Å². The standard InChI is InChI=1S/C27H20FN5O/c1-16-2-11-24(34-16)26-25(32-23(15-29)27(30)33-26)19-7-10-22-21(14-19)18(12-13-31-22)6-3-17-4-8-20(28)9-5-17/h2,4-5,7-14H,3,6H2,1H3,(H2,30,33). The molecule has 0 unspecified atom stereocenters. The Morgan fingerprint density at radius 2 is 1.79 bits per heavy atom. The lowest BCUT2D eigenvalue weighted by atomic mass is 9.98. The number of nitrogen functional groups attached to an aromatic ring is 1. The summed E-state index contributed by atoms with van der Waals surface area (Å²) in [5.74, 6) is 1.07. The molecule has 34 heavy (non-hydrogen) atoms. The van der Waals surface area contributed by atoms with Crippen molar-refractivity contribution in [2.75, 3.05) is 5.73 Å². The van der Waals surface area contributed by atoms with Gasteiger partial charge in [0.05, 0.1) is 5.52 Å². The fourth-order valence-corrected chi connectivity index (χ4v) is 3.96. The van der Waals surface area contributed by atoms with Crippen LogP contribution in [0.2, 0.25) is 0 Å². The highest BCUT2D eigenvalue weighted by Gasteiger charge is 2.18. The Balaban J connectivity index is 1.60. The molecule has 5 rings (SSSR count). The fourth-order valence-electron chi connectivity index (χ4n) is 3.96. The van der Waals surface area contributed by atoms with Gasteiger partial charge in [-0.2, -0.15) is 5.26 Å². The maximum absolute atomic E-state index is 13.2. The van der Waals surface area contributed by atoms with Crippen molar-refractivity contribution >= 4 is 16.7 Å². The van der Waals surface area contributed by atoms with Crippen molar-refractivity contribution in [1.29, 1.82) is 5.26 Å². The molecule has 0 saturated heterocycles. The highest BCUT2D eigenvalue weighted by atomic mass is 19.1. The van der Waals surface area contributed by atoms with Crippen LogP contribution in [0, 0.1) is 24.1 Å². The zero-order chi connectivity index (χ0) is 23.7. The molecule has 3 heterocycles. The van der Waals surface area contributed by atoms with Crippen LogP contribution in [0.25, 0.3) is 33.6 Å². The van der Waals surface area contributed by atoms with E-state index in [9.17, 15) is 9.65 Å². The first kappa shape index (κ1) is 21.3. The molecule has 0 saturated carbocycles. The van der Waals surface area contributed by atoms with Crippen molar-refractivity contribution < 1.29 is 8.81 Å². The number of aryl methyl sites for hydroxylation is 3. The maximum Gasteiger partial charge on any atom is 0.183 e. The normalized spacial score (nSPS) is 11.0. The molecule has 7 heteroatoms. The number of fused-ring (bicyclic) bond motifs is 1. The Labute approximate surface area is 195 Å². The van der Waals surface area contributed by atoms with Crippen LogP contribution in [0.1, 0.15) is 22.6 Å². The van der Waals surface area contributed by atoms with Crippen molar-refractivity contribution in [1.82, 2.24) is 15.0 Å². The third-order valence-electron chi connectivity index (χ3n) is 5.70. The van der Waals surface area contributed by atoms with Crippen molar-refractivity contribution in [2.24, 2.45) is 0 Å². The lowest BCUT2D eigenvalue weighted by Crippen LogP contribution is -2.03. The Hall–Kier alpha value is -4.57. The molecule has 0 aliphatic heterocycles. The Morgan fingerprint density at radius 3 is 2.53 bits per heavy atom. The molecular weight excluding hydrogens is 429 g/mol. The number of hydrogen-bond donors (Lipinski definition) is 1. The molecule has 0 aliphatic carbocycles. The first-order valence-corrected chi connectivity index (χ1v) is 10.8. The number of benzene rings is 2. The molecule has 5 aromatic rings. The summed E-state index contributed by atoms with van der Waals surface area (Å²) in [5, 5.41) is 10.5. The van der Waals surface area contributed by atoms with E-state index in [1.807, 2.05) is 49.4 Å². The van der Waals surface area contributed by atoms with Crippen molar-refractivity contribution in [3.8, 4) is 28.8 Å². The molecule has 0 atom stereocenters. The molecule has 0 bridgehead atoms. The number of halogens is 1. The van der Waals surface area contributed by atoms with Crippen LogP contribution in [0.15, 0.2) is 71.3 Å². The minimum Gasteiger partial charge on any atom is -0.460 e. The minimum atomic E-state index is -0.244. The summed E-state index contributed by atoms with van der Waals surface area (Å²) in [5.41, 5.74) is 10.8. The number of nitrogens with two attached hydrogens (primary N) is 1. The zero-order valence-corrected chi connectivity index (χ0v) is 18.4. The second kappa shape index (κ2) is 8.75. The maximum atomic E-state index is 13.2. The van der Waals surface area contributed by atoms with Crippen molar-refractivity contribution in [2.45, 2.75) is 19.8 Å². The summed E-state index contributed by atoms with van der Waals surface area (Å²) in [4.78, 5) is 13.5. The molecule has 2 aromatic carbocycles. The molecular formula is C27H20FN5O. The van der Waals surface area contributed by atoms with Crippen LogP contribution in [-0.4, -0.2) is 15.0 Å². The number of rotatable bonds is 5. The van der Waals surface area contributed by atoms with Gasteiger partial charge in [-0.1, -0.05) is 18.2 Å².